The number of nitrogens with zero attached hydrogens (tertiary/aromatic N) is 2. The highest BCUT2D eigenvalue weighted by atomic mass is 16.3. The van der Waals surface area contributed by atoms with Gasteiger partial charge in [0.05, 0.1) is 6.61 Å². The first-order chi connectivity index (χ1) is 9.28. The van der Waals surface area contributed by atoms with Crippen molar-refractivity contribution in [1.82, 2.24) is 9.88 Å². The second-order valence-electron chi connectivity index (χ2n) is 4.47. The quantitative estimate of drug-likeness (QED) is 0.829. The Morgan fingerprint density at radius 3 is 2.53 bits per heavy atom. The highest BCUT2D eigenvalue weighted by Crippen LogP contribution is 2.14. The number of benzene rings is 1. The van der Waals surface area contributed by atoms with Crippen LogP contribution >= 0.6 is 0 Å². The van der Waals surface area contributed by atoms with Gasteiger partial charge in [-0.3, -0.25) is 9.88 Å². The molecule has 0 radical (unpaired) electrons. The fourth-order valence-electron chi connectivity index (χ4n) is 2.02. The minimum atomic E-state index is 0.110. The lowest BCUT2D eigenvalue weighted by atomic mass is 10.2. The summed E-state index contributed by atoms with van der Waals surface area (Å²) in [5.74, 6) is 0.267. The molecule has 0 atom stereocenters. The van der Waals surface area contributed by atoms with Crippen LogP contribution in [-0.2, 0) is 13.1 Å². The molecule has 2 N–H and O–H groups in total. The van der Waals surface area contributed by atoms with Gasteiger partial charge >= 0.3 is 0 Å². The molecule has 0 saturated heterocycles. The van der Waals surface area contributed by atoms with E-state index in [0.717, 1.165) is 17.7 Å². The Kier molecular flexibility index (Phi) is 4.89. The molecule has 0 unspecified atom stereocenters. The minimum absolute atomic E-state index is 0.110. The fourth-order valence-corrected chi connectivity index (χ4v) is 2.02. The maximum atomic E-state index is 9.47. The number of aromatic hydroxyl groups is 1. The number of aliphatic hydroxyl groups excluding tert-OH is 1. The van der Waals surface area contributed by atoms with Crippen molar-refractivity contribution >= 4 is 0 Å². The first-order valence-corrected chi connectivity index (χ1v) is 6.28. The Morgan fingerprint density at radius 2 is 1.84 bits per heavy atom. The number of phenols is 1. The maximum absolute atomic E-state index is 9.47. The van der Waals surface area contributed by atoms with E-state index in [0.29, 0.717) is 13.1 Å². The summed E-state index contributed by atoms with van der Waals surface area (Å²) in [5, 5.41) is 18.6. The van der Waals surface area contributed by atoms with E-state index in [2.05, 4.69) is 9.88 Å². The molecule has 1 aromatic heterocycles. The number of aromatic nitrogens is 1. The lowest BCUT2D eigenvalue weighted by molar-refractivity contribution is 0.184. The molecular weight excluding hydrogens is 240 g/mol. The zero-order valence-corrected chi connectivity index (χ0v) is 10.7. The molecule has 0 aliphatic heterocycles. The van der Waals surface area contributed by atoms with Crippen molar-refractivity contribution in [3.05, 3.63) is 59.9 Å². The van der Waals surface area contributed by atoms with Gasteiger partial charge in [0, 0.05) is 32.0 Å². The van der Waals surface area contributed by atoms with E-state index in [9.17, 15) is 5.11 Å². The van der Waals surface area contributed by atoms with Crippen molar-refractivity contribution in [3.8, 4) is 5.75 Å². The number of aliphatic hydroxyl groups is 1. The van der Waals surface area contributed by atoms with Crippen LogP contribution in [0.2, 0.25) is 0 Å². The zero-order valence-electron chi connectivity index (χ0n) is 10.7. The normalized spacial score (nSPS) is 10.8. The third kappa shape index (κ3) is 4.35. The SMILES string of the molecule is OCCN(Cc1cccnc1)Cc1cccc(O)c1. The van der Waals surface area contributed by atoms with Gasteiger partial charge in [-0.15, -0.1) is 0 Å². The summed E-state index contributed by atoms with van der Waals surface area (Å²) in [6, 6.07) is 11.1. The van der Waals surface area contributed by atoms with Gasteiger partial charge in [-0.2, -0.15) is 0 Å². The molecule has 0 amide bonds. The van der Waals surface area contributed by atoms with Crippen molar-refractivity contribution < 1.29 is 10.2 Å². The van der Waals surface area contributed by atoms with Crippen molar-refractivity contribution in [1.29, 1.82) is 0 Å². The Labute approximate surface area is 113 Å². The van der Waals surface area contributed by atoms with E-state index in [1.165, 1.54) is 0 Å². The third-order valence-electron chi connectivity index (χ3n) is 2.86. The molecule has 0 aliphatic rings. The van der Waals surface area contributed by atoms with Gasteiger partial charge in [-0.1, -0.05) is 18.2 Å². The van der Waals surface area contributed by atoms with Crippen LogP contribution in [0.4, 0.5) is 0 Å². The monoisotopic (exact) mass is 258 g/mol. The molecular formula is C15H18N2O2. The average Bonchev–Trinajstić information content (AvgIpc) is 2.40. The van der Waals surface area contributed by atoms with Crippen LogP contribution < -0.4 is 0 Å². The topological polar surface area (TPSA) is 56.6 Å². The van der Waals surface area contributed by atoms with Gasteiger partial charge in [0.1, 0.15) is 5.75 Å². The number of phenolic OH excluding ortho intramolecular Hbond substituents is 1. The second kappa shape index (κ2) is 6.87. The summed E-state index contributed by atoms with van der Waals surface area (Å²) < 4.78 is 0. The van der Waals surface area contributed by atoms with Gasteiger partial charge in [0.15, 0.2) is 0 Å². The van der Waals surface area contributed by atoms with Crippen molar-refractivity contribution in [2.75, 3.05) is 13.2 Å². The predicted molar refractivity (Wildman–Crippen MR) is 73.5 cm³/mol. The first-order valence-electron chi connectivity index (χ1n) is 6.28. The van der Waals surface area contributed by atoms with E-state index in [1.54, 1.807) is 18.3 Å². The van der Waals surface area contributed by atoms with E-state index in [4.69, 9.17) is 5.11 Å². The van der Waals surface area contributed by atoms with Crippen molar-refractivity contribution in [2.24, 2.45) is 0 Å². The summed E-state index contributed by atoms with van der Waals surface area (Å²) in [5.41, 5.74) is 2.13. The van der Waals surface area contributed by atoms with E-state index in [-0.39, 0.29) is 12.4 Å². The van der Waals surface area contributed by atoms with Crippen molar-refractivity contribution in [2.45, 2.75) is 13.1 Å². The third-order valence-corrected chi connectivity index (χ3v) is 2.86. The lowest BCUT2D eigenvalue weighted by Crippen LogP contribution is -2.26. The summed E-state index contributed by atoms with van der Waals surface area (Å²) >= 11 is 0. The lowest BCUT2D eigenvalue weighted by Gasteiger charge is -2.21. The highest BCUT2D eigenvalue weighted by molar-refractivity contribution is 5.27. The van der Waals surface area contributed by atoms with Gasteiger partial charge in [-0.05, 0) is 29.3 Å². The van der Waals surface area contributed by atoms with Crippen LogP contribution in [-0.4, -0.2) is 33.2 Å². The Morgan fingerprint density at radius 1 is 1.05 bits per heavy atom. The van der Waals surface area contributed by atoms with Gasteiger partial charge in [0.2, 0.25) is 0 Å². The van der Waals surface area contributed by atoms with Crippen LogP contribution in [0.15, 0.2) is 48.8 Å². The molecule has 19 heavy (non-hydrogen) atoms. The fraction of sp³-hybridized carbons (Fsp3) is 0.267. The molecule has 2 rings (SSSR count). The van der Waals surface area contributed by atoms with Gasteiger partial charge in [0.25, 0.3) is 0 Å². The maximum Gasteiger partial charge on any atom is 0.115 e. The molecule has 4 heteroatoms. The van der Waals surface area contributed by atoms with Crippen LogP contribution in [0.25, 0.3) is 0 Å². The standard InChI is InChI=1S/C15H18N2O2/c18-8-7-17(12-14-4-2-6-16-10-14)11-13-3-1-5-15(19)9-13/h1-6,9-10,18-19H,7-8,11-12H2. The van der Waals surface area contributed by atoms with Gasteiger partial charge < -0.3 is 10.2 Å². The molecule has 1 aromatic carbocycles. The minimum Gasteiger partial charge on any atom is -0.508 e. The average molecular weight is 258 g/mol. The van der Waals surface area contributed by atoms with Crippen LogP contribution in [0, 0.1) is 0 Å². The Hall–Kier alpha value is -1.91. The van der Waals surface area contributed by atoms with E-state index in [1.807, 2.05) is 30.5 Å². The van der Waals surface area contributed by atoms with Crippen LogP contribution in [0.1, 0.15) is 11.1 Å². The number of hydrogen-bond donors (Lipinski definition) is 2. The Balaban J connectivity index is 2.04. The predicted octanol–water partition coefficient (Wildman–Crippen LogP) is 1.78. The number of pyridine rings is 1. The highest BCUT2D eigenvalue weighted by Gasteiger charge is 2.07. The molecule has 2 aromatic rings. The zero-order chi connectivity index (χ0) is 13.5. The van der Waals surface area contributed by atoms with E-state index >= 15 is 0 Å². The molecule has 0 aliphatic carbocycles. The smallest absolute Gasteiger partial charge is 0.115 e. The largest absolute Gasteiger partial charge is 0.508 e. The molecule has 0 spiro atoms. The van der Waals surface area contributed by atoms with Gasteiger partial charge in [-0.25, -0.2) is 0 Å². The molecule has 0 fully saturated rings. The molecule has 0 saturated carbocycles. The summed E-state index contributed by atoms with van der Waals surface area (Å²) in [6.07, 6.45) is 3.57. The van der Waals surface area contributed by atoms with Crippen molar-refractivity contribution in [3.63, 3.8) is 0 Å². The van der Waals surface area contributed by atoms with E-state index < -0.39 is 0 Å². The van der Waals surface area contributed by atoms with Crippen LogP contribution in [0.5, 0.6) is 5.75 Å². The molecule has 1 heterocycles. The second-order valence-corrected chi connectivity index (χ2v) is 4.47. The summed E-state index contributed by atoms with van der Waals surface area (Å²) in [4.78, 5) is 6.21. The summed E-state index contributed by atoms with van der Waals surface area (Å²) in [6.45, 7) is 2.11. The number of rotatable bonds is 6. The number of hydrogen-bond acceptors (Lipinski definition) is 4. The molecule has 4 nitrogen and oxygen atoms in total. The Bertz CT molecular complexity index is 503. The first kappa shape index (κ1) is 13.5. The van der Waals surface area contributed by atoms with Crippen LogP contribution in [0.3, 0.4) is 0 Å². The summed E-state index contributed by atoms with van der Waals surface area (Å²) in [7, 11) is 0. The molecule has 0 bridgehead atoms. The molecule has 100 valence electrons.